The zero-order valence-electron chi connectivity index (χ0n) is 13.3. The molecular formula is C14H30N2O3S. The summed E-state index contributed by atoms with van der Waals surface area (Å²) in [6, 6.07) is 0.273. The average molecular weight is 306 g/mol. The highest BCUT2D eigenvalue weighted by Gasteiger charge is 2.28. The third-order valence-corrected chi connectivity index (χ3v) is 5.51. The molecule has 0 saturated carbocycles. The molecule has 1 atom stereocenters. The van der Waals surface area contributed by atoms with Gasteiger partial charge in [-0.2, -0.15) is 4.31 Å². The van der Waals surface area contributed by atoms with Gasteiger partial charge in [-0.3, -0.25) is 0 Å². The molecule has 0 aromatic carbocycles. The topological polar surface area (TPSA) is 58.6 Å². The number of sulfonamides is 1. The smallest absolute Gasteiger partial charge is 0.216 e. The minimum Gasteiger partial charge on any atom is -0.378 e. The second-order valence-corrected chi connectivity index (χ2v) is 8.09. The molecule has 0 aliphatic carbocycles. The molecule has 1 aliphatic rings. The summed E-state index contributed by atoms with van der Waals surface area (Å²) in [5, 5.41) is 3.41. The van der Waals surface area contributed by atoms with Gasteiger partial charge in [0.2, 0.25) is 10.0 Å². The fourth-order valence-corrected chi connectivity index (χ4v) is 4.04. The van der Waals surface area contributed by atoms with Gasteiger partial charge in [0, 0.05) is 18.6 Å². The summed E-state index contributed by atoms with van der Waals surface area (Å²) in [6.07, 6.45) is 3.49. The van der Waals surface area contributed by atoms with E-state index in [0.29, 0.717) is 6.54 Å². The minimum atomic E-state index is -3.25. The minimum absolute atomic E-state index is 0.0113. The maximum atomic E-state index is 12.4. The van der Waals surface area contributed by atoms with Crippen LogP contribution in [-0.2, 0) is 14.8 Å². The molecule has 1 saturated heterocycles. The standard InChI is InChI=1S/C14H30N2O3S/c1-12(2)16(11-14-7-5-6-8-15-14)20(17,18)10-9-19-13(3)4/h12-15H,5-11H2,1-4H3. The first kappa shape index (κ1) is 17.9. The zero-order chi connectivity index (χ0) is 15.2. The number of piperidine rings is 1. The van der Waals surface area contributed by atoms with Gasteiger partial charge in [-0.05, 0) is 47.1 Å². The van der Waals surface area contributed by atoms with E-state index >= 15 is 0 Å². The Kier molecular flexibility index (Phi) is 7.43. The molecule has 120 valence electrons. The van der Waals surface area contributed by atoms with Crippen LogP contribution in [0.2, 0.25) is 0 Å². The molecule has 0 amide bonds. The van der Waals surface area contributed by atoms with Crippen molar-refractivity contribution in [1.29, 1.82) is 0 Å². The van der Waals surface area contributed by atoms with Crippen LogP contribution in [0.25, 0.3) is 0 Å². The summed E-state index contributed by atoms with van der Waals surface area (Å²) < 4.78 is 31.9. The van der Waals surface area contributed by atoms with Crippen molar-refractivity contribution >= 4 is 10.0 Å². The molecule has 1 unspecified atom stereocenters. The first-order valence-corrected chi connectivity index (χ1v) is 9.28. The first-order chi connectivity index (χ1) is 9.33. The summed E-state index contributed by atoms with van der Waals surface area (Å²) in [5.41, 5.74) is 0. The Morgan fingerprint density at radius 2 is 1.95 bits per heavy atom. The highest BCUT2D eigenvalue weighted by molar-refractivity contribution is 7.89. The third-order valence-electron chi connectivity index (χ3n) is 3.54. The highest BCUT2D eigenvalue weighted by Crippen LogP contribution is 2.14. The fraction of sp³-hybridized carbons (Fsp3) is 1.00. The van der Waals surface area contributed by atoms with Gasteiger partial charge in [0.05, 0.1) is 18.5 Å². The van der Waals surface area contributed by atoms with Gasteiger partial charge in [0.15, 0.2) is 0 Å². The third kappa shape index (κ3) is 6.08. The lowest BCUT2D eigenvalue weighted by atomic mass is 10.1. The molecule has 1 heterocycles. The highest BCUT2D eigenvalue weighted by atomic mass is 32.2. The van der Waals surface area contributed by atoms with E-state index in [-0.39, 0.29) is 30.5 Å². The maximum Gasteiger partial charge on any atom is 0.216 e. The van der Waals surface area contributed by atoms with E-state index < -0.39 is 10.0 Å². The van der Waals surface area contributed by atoms with Crippen LogP contribution in [0.3, 0.4) is 0 Å². The normalized spacial score (nSPS) is 21.1. The van der Waals surface area contributed by atoms with Crippen LogP contribution in [-0.4, -0.2) is 56.4 Å². The maximum absolute atomic E-state index is 12.4. The summed E-state index contributed by atoms with van der Waals surface area (Å²) in [4.78, 5) is 0. The van der Waals surface area contributed by atoms with Gasteiger partial charge in [-0.1, -0.05) is 6.42 Å². The van der Waals surface area contributed by atoms with Crippen LogP contribution in [0.5, 0.6) is 0 Å². The lowest BCUT2D eigenvalue weighted by Gasteiger charge is -2.32. The summed E-state index contributed by atoms with van der Waals surface area (Å²) >= 11 is 0. The van der Waals surface area contributed by atoms with Crippen molar-refractivity contribution in [3.05, 3.63) is 0 Å². The second kappa shape index (κ2) is 8.32. The Hall–Kier alpha value is -0.170. The monoisotopic (exact) mass is 306 g/mol. The molecule has 0 spiro atoms. The largest absolute Gasteiger partial charge is 0.378 e. The quantitative estimate of drug-likeness (QED) is 0.740. The molecule has 1 rings (SSSR count). The summed E-state index contributed by atoms with van der Waals surface area (Å²) in [6.45, 7) is 9.53. The van der Waals surface area contributed by atoms with E-state index in [2.05, 4.69) is 5.32 Å². The Morgan fingerprint density at radius 1 is 1.25 bits per heavy atom. The van der Waals surface area contributed by atoms with E-state index in [0.717, 1.165) is 13.0 Å². The number of nitrogens with zero attached hydrogens (tertiary/aromatic N) is 1. The predicted octanol–water partition coefficient (Wildman–Crippen LogP) is 1.59. The number of rotatable bonds is 8. The SMILES string of the molecule is CC(C)OCCS(=O)(=O)N(CC1CCCCN1)C(C)C. The molecule has 1 aliphatic heterocycles. The molecule has 1 fully saturated rings. The van der Waals surface area contributed by atoms with E-state index in [4.69, 9.17) is 4.74 Å². The molecule has 6 heteroatoms. The van der Waals surface area contributed by atoms with Gasteiger partial charge >= 0.3 is 0 Å². The van der Waals surface area contributed by atoms with E-state index in [1.165, 1.54) is 12.8 Å². The van der Waals surface area contributed by atoms with Gasteiger partial charge in [0.25, 0.3) is 0 Å². The van der Waals surface area contributed by atoms with Gasteiger partial charge in [-0.15, -0.1) is 0 Å². The van der Waals surface area contributed by atoms with Crippen molar-refractivity contribution < 1.29 is 13.2 Å². The number of hydrogen-bond donors (Lipinski definition) is 1. The van der Waals surface area contributed by atoms with E-state index in [1.807, 2.05) is 27.7 Å². The lowest BCUT2D eigenvalue weighted by Crippen LogP contribution is -2.49. The van der Waals surface area contributed by atoms with Crippen LogP contribution < -0.4 is 5.32 Å². The van der Waals surface area contributed by atoms with Crippen molar-refractivity contribution in [2.24, 2.45) is 0 Å². The molecule has 0 aromatic rings. The van der Waals surface area contributed by atoms with Gasteiger partial charge in [-0.25, -0.2) is 8.42 Å². The van der Waals surface area contributed by atoms with Crippen LogP contribution in [0.15, 0.2) is 0 Å². The van der Waals surface area contributed by atoms with E-state index in [9.17, 15) is 8.42 Å². The van der Waals surface area contributed by atoms with Crippen molar-refractivity contribution in [1.82, 2.24) is 9.62 Å². The Balaban J connectivity index is 2.58. The van der Waals surface area contributed by atoms with Crippen molar-refractivity contribution in [2.45, 2.75) is 65.1 Å². The van der Waals surface area contributed by atoms with Crippen LogP contribution >= 0.6 is 0 Å². The van der Waals surface area contributed by atoms with Crippen molar-refractivity contribution in [3.8, 4) is 0 Å². The second-order valence-electron chi connectivity index (χ2n) is 6.05. The molecule has 20 heavy (non-hydrogen) atoms. The molecule has 0 radical (unpaired) electrons. The molecule has 0 aromatic heterocycles. The van der Waals surface area contributed by atoms with Crippen LogP contribution in [0.1, 0.15) is 47.0 Å². The fourth-order valence-electron chi connectivity index (χ4n) is 2.45. The Bertz CT molecular complexity index is 363. The molecular weight excluding hydrogens is 276 g/mol. The molecule has 0 bridgehead atoms. The van der Waals surface area contributed by atoms with Crippen LogP contribution in [0, 0.1) is 0 Å². The summed E-state index contributed by atoms with van der Waals surface area (Å²) in [7, 11) is -3.25. The molecule has 1 N–H and O–H groups in total. The zero-order valence-corrected chi connectivity index (χ0v) is 14.1. The van der Waals surface area contributed by atoms with Crippen molar-refractivity contribution in [2.75, 3.05) is 25.4 Å². The lowest BCUT2D eigenvalue weighted by molar-refractivity contribution is 0.0904. The Labute approximate surface area is 124 Å². The van der Waals surface area contributed by atoms with Gasteiger partial charge in [0.1, 0.15) is 0 Å². The first-order valence-electron chi connectivity index (χ1n) is 7.67. The summed E-state index contributed by atoms with van der Waals surface area (Å²) in [5.74, 6) is 0.0656. The number of ether oxygens (including phenoxy) is 1. The molecule has 5 nitrogen and oxygen atoms in total. The Morgan fingerprint density at radius 3 is 2.45 bits per heavy atom. The van der Waals surface area contributed by atoms with Crippen molar-refractivity contribution in [3.63, 3.8) is 0 Å². The van der Waals surface area contributed by atoms with E-state index in [1.54, 1.807) is 4.31 Å². The predicted molar refractivity (Wildman–Crippen MR) is 82.4 cm³/mol. The number of nitrogens with one attached hydrogen (secondary N) is 1. The van der Waals surface area contributed by atoms with Gasteiger partial charge < -0.3 is 10.1 Å². The number of hydrogen-bond acceptors (Lipinski definition) is 4. The average Bonchev–Trinajstić information content (AvgIpc) is 2.36. The van der Waals surface area contributed by atoms with Crippen LogP contribution in [0.4, 0.5) is 0 Å².